The van der Waals surface area contributed by atoms with Crippen molar-refractivity contribution in [1.82, 2.24) is 0 Å². The van der Waals surface area contributed by atoms with Crippen molar-refractivity contribution >= 4 is 33.2 Å². The maximum absolute atomic E-state index is 6.39. The van der Waals surface area contributed by atoms with Crippen LogP contribution in [0.3, 0.4) is 0 Å². The molecule has 0 saturated carbocycles. The van der Waals surface area contributed by atoms with Gasteiger partial charge in [-0.25, -0.2) is 0 Å². The van der Waals surface area contributed by atoms with E-state index in [0.29, 0.717) is 18.4 Å². The zero-order valence-corrected chi connectivity index (χ0v) is 20.4. The van der Waals surface area contributed by atoms with Gasteiger partial charge in [0.1, 0.15) is 6.61 Å². The van der Waals surface area contributed by atoms with Gasteiger partial charge in [0.2, 0.25) is 0 Å². The Balaban J connectivity index is 1.49. The summed E-state index contributed by atoms with van der Waals surface area (Å²) >= 11 is 10.1. The second kappa shape index (κ2) is 8.84. The van der Waals surface area contributed by atoms with Crippen LogP contribution >= 0.6 is 27.5 Å². The van der Waals surface area contributed by atoms with Crippen molar-refractivity contribution in [2.75, 3.05) is 12.4 Å². The highest BCUT2D eigenvalue weighted by Crippen LogP contribution is 2.52. The van der Waals surface area contributed by atoms with E-state index in [0.717, 1.165) is 33.0 Å². The van der Waals surface area contributed by atoms with Crippen LogP contribution in [0.15, 0.2) is 71.2 Å². The molecule has 0 saturated heterocycles. The smallest absolute Gasteiger partial charge is 0.175 e. The number of anilines is 1. The van der Waals surface area contributed by atoms with Crippen LogP contribution in [0.2, 0.25) is 5.02 Å². The molecule has 2 aliphatic rings. The van der Waals surface area contributed by atoms with Gasteiger partial charge in [0.15, 0.2) is 11.5 Å². The number of ether oxygens (including phenoxy) is 2. The van der Waals surface area contributed by atoms with Crippen molar-refractivity contribution in [2.24, 2.45) is 5.92 Å². The largest absolute Gasteiger partial charge is 0.493 e. The van der Waals surface area contributed by atoms with E-state index in [4.69, 9.17) is 21.1 Å². The van der Waals surface area contributed by atoms with Crippen molar-refractivity contribution in [2.45, 2.75) is 31.9 Å². The molecule has 0 aromatic heterocycles. The highest BCUT2D eigenvalue weighted by molar-refractivity contribution is 9.10. The highest BCUT2D eigenvalue weighted by Gasteiger charge is 2.39. The Bertz CT molecular complexity index is 1180. The highest BCUT2D eigenvalue weighted by atomic mass is 79.9. The fourth-order valence-electron chi connectivity index (χ4n) is 4.96. The molecule has 32 heavy (non-hydrogen) atoms. The molecule has 0 spiro atoms. The fourth-order valence-corrected chi connectivity index (χ4v) is 5.82. The quantitative estimate of drug-likeness (QED) is 0.355. The van der Waals surface area contributed by atoms with E-state index in [-0.39, 0.29) is 6.04 Å². The molecule has 1 aliphatic carbocycles. The molecule has 3 nitrogen and oxygen atoms in total. The van der Waals surface area contributed by atoms with E-state index in [1.807, 2.05) is 24.3 Å². The van der Waals surface area contributed by atoms with Gasteiger partial charge >= 0.3 is 0 Å². The second-order valence-corrected chi connectivity index (χ2v) is 9.76. The molecule has 0 radical (unpaired) electrons. The van der Waals surface area contributed by atoms with Gasteiger partial charge in [-0.1, -0.05) is 54.1 Å². The van der Waals surface area contributed by atoms with Crippen LogP contribution in [0.4, 0.5) is 5.69 Å². The van der Waals surface area contributed by atoms with Gasteiger partial charge in [-0.05, 0) is 81.7 Å². The minimum absolute atomic E-state index is 0.163. The number of fused-ring (bicyclic) bond motifs is 3. The normalized spacial score (nSPS) is 20.9. The Kier molecular flexibility index (Phi) is 5.92. The summed E-state index contributed by atoms with van der Waals surface area (Å²) in [6.07, 6.45) is 5.65. The molecule has 0 bridgehead atoms. The van der Waals surface area contributed by atoms with Gasteiger partial charge in [0, 0.05) is 16.6 Å². The summed E-state index contributed by atoms with van der Waals surface area (Å²) in [4.78, 5) is 0. The zero-order chi connectivity index (χ0) is 22.2. The molecule has 0 amide bonds. The SMILES string of the molecule is COc1cc([C@@H]2Nc3c(C)cc(Cl)cc3[C@H]3C=CC[C@H]32)cc(Br)c1OCc1ccccc1. The van der Waals surface area contributed by atoms with Gasteiger partial charge in [0.05, 0.1) is 17.6 Å². The molecule has 1 aliphatic heterocycles. The zero-order valence-electron chi connectivity index (χ0n) is 18.1. The lowest BCUT2D eigenvalue weighted by atomic mass is 9.76. The lowest BCUT2D eigenvalue weighted by molar-refractivity contribution is 0.282. The molecular formula is C27H25BrClNO2. The lowest BCUT2D eigenvalue weighted by Crippen LogP contribution is -2.29. The first kappa shape index (κ1) is 21.4. The number of methoxy groups -OCH3 is 1. The molecule has 5 heteroatoms. The maximum Gasteiger partial charge on any atom is 0.175 e. The standard InChI is InChI=1S/C27H25BrClNO2/c1-16-11-19(29)14-22-20-9-6-10-21(20)26(30-25(16)22)18-12-23(28)27(24(13-18)31-2)32-15-17-7-4-3-5-8-17/h3-9,11-14,20-21,26,30H,10,15H2,1-2H3/t20-,21+,26-/m0/s1. The van der Waals surface area contributed by atoms with Gasteiger partial charge in [0.25, 0.3) is 0 Å². The Morgan fingerprint density at radius 1 is 1.12 bits per heavy atom. The molecule has 3 aromatic rings. The third-order valence-corrected chi connectivity index (χ3v) is 7.27. The third kappa shape index (κ3) is 3.91. The fraction of sp³-hybridized carbons (Fsp3) is 0.259. The molecule has 3 atom stereocenters. The summed E-state index contributed by atoms with van der Waals surface area (Å²) < 4.78 is 12.8. The first-order valence-electron chi connectivity index (χ1n) is 10.8. The van der Waals surface area contributed by atoms with E-state index >= 15 is 0 Å². The summed E-state index contributed by atoms with van der Waals surface area (Å²) in [6.45, 7) is 2.60. The number of aryl methyl sites for hydroxylation is 1. The second-order valence-electron chi connectivity index (χ2n) is 8.47. The van der Waals surface area contributed by atoms with Crippen LogP contribution in [-0.4, -0.2) is 7.11 Å². The van der Waals surface area contributed by atoms with Crippen molar-refractivity contribution in [1.29, 1.82) is 0 Å². The van der Waals surface area contributed by atoms with Crippen LogP contribution < -0.4 is 14.8 Å². The summed E-state index contributed by atoms with van der Waals surface area (Å²) in [7, 11) is 1.69. The number of hydrogen-bond donors (Lipinski definition) is 1. The predicted molar refractivity (Wildman–Crippen MR) is 134 cm³/mol. The Labute approximate surface area is 202 Å². The van der Waals surface area contributed by atoms with Crippen LogP contribution in [0.1, 0.15) is 40.6 Å². The first-order chi connectivity index (χ1) is 15.5. The number of nitrogens with one attached hydrogen (secondary N) is 1. The van der Waals surface area contributed by atoms with E-state index in [9.17, 15) is 0 Å². The molecule has 3 aromatic carbocycles. The monoisotopic (exact) mass is 509 g/mol. The minimum Gasteiger partial charge on any atom is -0.493 e. The van der Waals surface area contributed by atoms with Crippen molar-refractivity contribution in [3.05, 3.63) is 98.5 Å². The number of hydrogen-bond acceptors (Lipinski definition) is 3. The summed E-state index contributed by atoms with van der Waals surface area (Å²) in [5.41, 5.74) is 5.94. The van der Waals surface area contributed by atoms with Crippen molar-refractivity contribution in [3.63, 3.8) is 0 Å². The summed E-state index contributed by atoms with van der Waals surface area (Å²) in [5.74, 6) is 2.23. The maximum atomic E-state index is 6.39. The lowest BCUT2D eigenvalue weighted by Gasteiger charge is -2.38. The van der Waals surface area contributed by atoms with Crippen LogP contribution in [-0.2, 0) is 6.61 Å². The number of rotatable bonds is 5. The van der Waals surface area contributed by atoms with Gasteiger partial charge in [-0.3, -0.25) is 0 Å². The first-order valence-corrected chi connectivity index (χ1v) is 12.0. The van der Waals surface area contributed by atoms with Crippen LogP contribution in [0.25, 0.3) is 0 Å². The molecule has 164 valence electrons. The van der Waals surface area contributed by atoms with Gasteiger partial charge < -0.3 is 14.8 Å². The Hall–Kier alpha value is -2.43. The Morgan fingerprint density at radius 2 is 1.94 bits per heavy atom. The van der Waals surface area contributed by atoms with Gasteiger partial charge in [-0.2, -0.15) is 0 Å². The molecule has 0 unspecified atom stereocenters. The Morgan fingerprint density at radius 3 is 2.72 bits per heavy atom. The van der Waals surface area contributed by atoms with Crippen LogP contribution in [0, 0.1) is 12.8 Å². The van der Waals surface area contributed by atoms with E-state index < -0.39 is 0 Å². The summed E-state index contributed by atoms with van der Waals surface area (Å²) in [5, 5.41) is 4.62. The topological polar surface area (TPSA) is 30.5 Å². The van der Waals surface area contributed by atoms with E-state index in [1.165, 1.54) is 22.4 Å². The molecule has 0 fully saturated rings. The van der Waals surface area contributed by atoms with Crippen LogP contribution in [0.5, 0.6) is 11.5 Å². The van der Waals surface area contributed by atoms with E-state index in [1.54, 1.807) is 7.11 Å². The predicted octanol–water partition coefficient (Wildman–Crippen LogP) is 7.83. The molecular weight excluding hydrogens is 486 g/mol. The average molecular weight is 511 g/mol. The van der Waals surface area contributed by atoms with Crippen molar-refractivity contribution in [3.8, 4) is 11.5 Å². The number of allylic oxidation sites excluding steroid dienone is 2. The summed E-state index contributed by atoms with van der Waals surface area (Å²) in [6, 6.07) is 18.7. The third-order valence-electron chi connectivity index (χ3n) is 6.47. The average Bonchev–Trinajstić information content (AvgIpc) is 3.28. The minimum atomic E-state index is 0.163. The molecule has 1 heterocycles. The molecule has 5 rings (SSSR count). The van der Waals surface area contributed by atoms with Gasteiger partial charge in [-0.15, -0.1) is 0 Å². The van der Waals surface area contributed by atoms with Crippen molar-refractivity contribution < 1.29 is 9.47 Å². The number of benzene rings is 3. The van der Waals surface area contributed by atoms with E-state index in [2.05, 4.69) is 70.7 Å². The number of halogens is 2. The molecule has 1 N–H and O–H groups in total.